The van der Waals surface area contributed by atoms with Gasteiger partial charge in [0.1, 0.15) is 6.54 Å². The van der Waals surface area contributed by atoms with Crippen LogP contribution in [0.3, 0.4) is 0 Å². The minimum Gasteiger partial charge on any atom is -0.385 e. The van der Waals surface area contributed by atoms with Crippen molar-refractivity contribution >= 4 is 23.6 Å². The van der Waals surface area contributed by atoms with Crippen LogP contribution in [-0.4, -0.2) is 76.2 Å². The van der Waals surface area contributed by atoms with Crippen LogP contribution in [0.25, 0.3) is 0 Å². The fourth-order valence-electron chi connectivity index (χ4n) is 1.16. The molecule has 0 bridgehead atoms. The molecule has 0 spiro atoms. The number of carbonyl (C=O) groups excluding carboxylic acids is 1. The van der Waals surface area contributed by atoms with Crippen molar-refractivity contribution in [2.24, 2.45) is 4.99 Å². The molecule has 0 radical (unpaired) electrons. The van der Waals surface area contributed by atoms with Gasteiger partial charge in [0, 0.05) is 46.7 Å². The highest BCUT2D eigenvalue weighted by Gasteiger charge is 2.03. The lowest BCUT2D eigenvalue weighted by Crippen LogP contribution is -2.40. The maximum atomic E-state index is 11.5. The van der Waals surface area contributed by atoms with Gasteiger partial charge in [-0.2, -0.15) is 11.8 Å². The Morgan fingerprint density at radius 2 is 2.00 bits per heavy atom. The topological polar surface area (TPSA) is 66.0 Å². The van der Waals surface area contributed by atoms with Gasteiger partial charge in [0.2, 0.25) is 5.91 Å². The Morgan fingerprint density at radius 3 is 2.58 bits per heavy atom. The zero-order valence-corrected chi connectivity index (χ0v) is 13.2. The average Bonchev–Trinajstić information content (AvgIpc) is 2.39. The molecule has 112 valence electrons. The average molecular weight is 290 g/mol. The van der Waals surface area contributed by atoms with Gasteiger partial charge in [-0.05, 0) is 12.7 Å². The van der Waals surface area contributed by atoms with Crippen molar-refractivity contribution in [1.82, 2.24) is 15.5 Å². The maximum Gasteiger partial charge on any atom is 0.243 e. The lowest BCUT2D eigenvalue weighted by atomic mass is 10.4. The number of aliphatic imine (C=N–C) groups is 1. The molecule has 19 heavy (non-hydrogen) atoms. The number of nitrogens with zero attached hydrogens (tertiary/aromatic N) is 2. The second-order valence-electron chi connectivity index (χ2n) is 4.15. The monoisotopic (exact) mass is 290 g/mol. The van der Waals surface area contributed by atoms with Gasteiger partial charge in [0.05, 0.1) is 0 Å². The Morgan fingerprint density at radius 1 is 1.32 bits per heavy atom. The summed E-state index contributed by atoms with van der Waals surface area (Å²) in [6.45, 7) is 2.47. The molecule has 0 aliphatic heterocycles. The van der Waals surface area contributed by atoms with E-state index in [1.807, 2.05) is 0 Å². The predicted octanol–water partition coefficient (Wildman–Crippen LogP) is 0.00930. The molecule has 1 amide bonds. The molecule has 0 aromatic heterocycles. The summed E-state index contributed by atoms with van der Waals surface area (Å²) >= 11 is 1.76. The molecular formula is C12H26N4O2S. The molecule has 0 aliphatic rings. The van der Waals surface area contributed by atoms with Crippen LogP contribution in [-0.2, 0) is 9.53 Å². The number of nitrogens with one attached hydrogen (secondary N) is 2. The van der Waals surface area contributed by atoms with E-state index < -0.39 is 0 Å². The molecule has 0 rings (SSSR count). The molecule has 0 aliphatic carbocycles. The van der Waals surface area contributed by atoms with E-state index in [0.717, 1.165) is 25.3 Å². The number of likely N-dealkylation sites (N-methyl/N-ethyl adjacent to an activating group) is 1. The minimum absolute atomic E-state index is 0.0112. The van der Waals surface area contributed by atoms with Crippen molar-refractivity contribution in [3.05, 3.63) is 0 Å². The third-order valence-corrected chi connectivity index (χ3v) is 2.90. The Bertz CT molecular complexity index is 272. The summed E-state index contributed by atoms with van der Waals surface area (Å²) in [5.74, 6) is 1.67. The first-order chi connectivity index (χ1) is 9.11. The summed E-state index contributed by atoms with van der Waals surface area (Å²) in [5, 5.41) is 6.38. The molecule has 0 unspecified atom stereocenters. The zero-order valence-electron chi connectivity index (χ0n) is 12.4. The van der Waals surface area contributed by atoms with Gasteiger partial charge >= 0.3 is 0 Å². The third kappa shape index (κ3) is 10.6. The molecular weight excluding hydrogens is 264 g/mol. The largest absolute Gasteiger partial charge is 0.385 e. The van der Waals surface area contributed by atoms with E-state index in [1.54, 1.807) is 33.0 Å². The van der Waals surface area contributed by atoms with Crippen LogP contribution in [0.1, 0.15) is 6.42 Å². The molecule has 0 fully saturated rings. The van der Waals surface area contributed by atoms with E-state index >= 15 is 0 Å². The predicted molar refractivity (Wildman–Crippen MR) is 81.9 cm³/mol. The number of methoxy groups -OCH3 is 1. The Kier molecular flexibility index (Phi) is 11.5. The van der Waals surface area contributed by atoms with Crippen LogP contribution in [0.5, 0.6) is 0 Å². The van der Waals surface area contributed by atoms with Gasteiger partial charge in [0.15, 0.2) is 5.96 Å². The van der Waals surface area contributed by atoms with Crippen molar-refractivity contribution < 1.29 is 9.53 Å². The lowest BCUT2D eigenvalue weighted by molar-refractivity contribution is -0.127. The van der Waals surface area contributed by atoms with Crippen LogP contribution in [0.2, 0.25) is 0 Å². The third-order valence-electron chi connectivity index (χ3n) is 2.29. The fraction of sp³-hybridized carbons (Fsp3) is 0.833. The van der Waals surface area contributed by atoms with Gasteiger partial charge < -0.3 is 20.3 Å². The number of hydrogen-bond acceptors (Lipinski definition) is 4. The lowest BCUT2D eigenvalue weighted by Gasteiger charge is -2.13. The molecule has 0 atom stereocenters. The molecule has 6 nitrogen and oxygen atoms in total. The van der Waals surface area contributed by atoms with Crippen LogP contribution >= 0.6 is 11.8 Å². The van der Waals surface area contributed by atoms with Crippen LogP contribution < -0.4 is 10.6 Å². The summed E-state index contributed by atoms with van der Waals surface area (Å²) in [5.41, 5.74) is 0. The first kappa shape index (κ1) is 18.0. The van der Waals surface area contributed by atoms with Crippen molar-refractivity contribution in [1.29, 1.82) is 0 Å². The molecule has 0 aromatic carbocycles. The fourth-order valence-corrected chi connectivity index (χ4v) is 1.46. The van der Waals surface area contributed by atoms with Crippen molar-refractivity contribution in [3.8, 4) is 0 Å². The highest BCUT2D eigenvalue weighted by atomic mass is 32.2. The van der Waals surface area contributed by atoms with Gasteiger partial charge in [-0.3, -0.25) is 4.79 Å². The van der Waals surface area contributed by atoms with E-state index in [1.165, 1.54) is 4.90 Å². The molecule has 7 heteroatoms. The number of rotatable bonds is 9. The van der Waals surface area contributed by atoms with Crippen LogP contribution in [0.15, 0.2) is 4.99 Å². The maximum absolute atomic E-state index is 11.5. The number of guanidine groups is 1. The quantitative estimate of drug-likeness (QED) is 0.356. The van der Waals surface area contributed by atoms with E-state index in [0.29, 0.717) is 12.6 Å². The van der Waals surface area contributed by atoms with Crippen LogP contribution in [0.4, 0.5) is 0 Å². The summed E-state index contributed by atoms with van der Waals surface area (Å²) < 4.78 is 4.99. The highest BCUT2D eigenvalue weighted by Crippen LogP contribution is 1.88. The summed E-state index contributed by atoms with van der Waals surface area (Å²) in [4.78, 5) is 17.3. The highest BCUT2D eigenvalue weighted by molar-refractivity contribution is 7.98. The summed E-state index contributed by atoms with van der Waals surface area (Å²) in [6, 6.07) is 0. The first-order valence-corrected chi connectivity index (χ1v) is 7.71. The second-order valence-corrected chi connectivity index (χ2v) is 5.13. The number of amides is 1. The van der Waals surface area contributed by atoms with Gasteiger partial charge in [-0.15, -0.1) is 0 Å². The minimum atomic E-state index is -0.0112. The normalized spacial score (nSPS) is 11.3. The van der Waals surface area contributed by atoms with Gasteiger partial charge in [-0.1, -0.05) is 0 Å². The molecule has 0 heterocycles. The van der Waals surface area contributed by atoms with Crippen molar-refractivity contribution in [2.75, 3.05) is 59.5 Å². The van der Waals surface area contributed by atoms with Gasteiger partial charge in [-0.25, -0.2) is 4.99 Å². The Balaban J connectivity index is 4.14. The van der Waals surface area contributed by atoms with Crippen molar-refractivity contribution in [2.45, 2.75) is 6.42 Å². The Labute approximate surface area is 120 Å². The second kappa shape index (κ2) is 12.1. The standard InChI is InChI=1S/C12H26N4O2S/c1-16(2)11(17)10-15-12(14-7-9-19-4)13-6-5-8-18-3/h5-10H2,1-4H3,(H2,13,14,15). The molecule has 2 N–H and O–H groups in total. The molecule has 0 saturated carbocycles. The van der Waals surface area contributed by atoms with E-state index in [4.69, 9.17) is 4.74 Å². The number of carbonyl (C=O) groups is 1. The SMILES string of the molecule is COCCCNC(=NCC(=O)N(C)C)NCCSC. The summed E-state index contributed by atoms with van der Waals surface area (Å²) in [6.07, 6.45) is 2.96. The van der Waals surface area contributed by atoms with Crippen LogP contribution in [0, 0.1) is 0 Å². The Hall–Kier alpha value is -0.950. The number of thioether (sulfide) groups is 1. The first-order valence-electron chi connectivity index (χ1n) is 6.32. The number of hydrogen-bond donors (Lipinski definition) is 2. The van der Waals surface area contributed by atoms with E-state index in [-0.39, 0.29) is 12.5 Å². The van der Waals surface area contributed by atoms with E-state index in [2.05, 4.69) is 21.9 Å². The molecule has 0 aromatic rings. The summed E-state index contributed by atoms with van der Waals surface area (Å²) in [7, 11) is 5.14. The van der Waals surface area contributed by atoms with Gasteiger partial charge in [0.25, 0.3) is 0 Å². The van der Waals surface area contributed by atoms with E-state index in [9.17, 15) is 4.79 Å². The smallest absolute Gasteiger partial charge is 0.243 e. The van der Waals surface area contributed by atoms with Crippen molar-refractivity contribution in [3.63, 3.8) is 0 Å². The zero-order chi connectivity index (χ0) is 14.5. The molecule has 0 saturated heterocycles. The number of ether oxygens (including phenoxy) is 1.